The second-order valence-electron chi connectivity index (χ2n) is 7.52. The molecule has 1 heterocycles. The molecule has 156 valence electrons. The molecule has 2 fully saturated rings. The first kappa shape index (κ1) is 20.9. The lowest BCUT2D eigenvalue weighted by Gasteiger charge is -2.17. The third-order valence-electron chi connectivity index (χ3n) is 5.24. The molecule has 0 bridgehead atoms. The molecule has 30 heavy (non-hydrogen) atoms. The topological polar surface area (TPSA) is 91.6 Å². The minimum atomic E-state index is -0.958. The highest BCUT2D eigenvalue weighted by Crippen LogP contribution is 2.45. The molecule has 2 aromatic carbocycles. The zero-order valence-corrected chi connectivity index (χ0v) is 17.8. The summed E-state index contributed by atoms with van der Waals surface area (Å²) in [7, 11) is 0. The fourth-order valence-electron chi connectivity index (χ4n) is 3.36. The van der Waals surface area contributed by atoms with E-state index in [1.54, 1.807) is 24.3 Å². The Morgan fingerprint density at radius 3 is 2.83 bits per heavy atom. The zero-order chi connectivity index (χ0) is 21.1. The number of anilines is 1. The average Bonchev–Trinajstić information content (AvgIpc) is 3.46. The molecule has 0 aromatic heterocycles. The summed E-state index contributed by atoms with van der Waals surface area (Å²) >= 11 is 7.54. The SMILES string of the molecule is N#Cc1cc(NSc2cc(C(=O)O)ccc2C2CC2)c(OCC2CCOC2)cc1Cl. The number of carboxylic acid groups (broad SMARTS) is 1. The summed E-state index contributed by atoms with van der Waals surface area (Å²) in [5.41, 5.74) is 2.35. The first-order chi connectivity index (χ1) is 14.5. The molecule has 1 unspecified atom stereocenters. The van der Waals surface area contributed by atoms with Crippen LogP contribution in [0.4, 0.5) is 5.69 Å². The monoisotopic (exact) mass is 444 g/mol. The second-order valence-corrected chi connectivity index (χ2v) is 8.77. The van der Waals surface area contributed by atoms with E-state index in [1.165, 1.54) is 11.9 Å². The predicted molar refractivity (Wildman–Crippen MR) is 115 cm³/mol. The number of aromatic carboxylic acids is 1. The van der Waals surface area contributed by atoms with Crippen LogP contribution in [-0.4, -0.2) is 30.9 Å². The Bertz CT molecular complexity index is 997. The molecule has 6 nitrogen and oxygen atoms in total. The molecule has 8 heteroatoms. The summed E-state index contributed by atoms with van der Waals surface area (Å²) in [5, 5.41) is 19.0. The van der Waals surface area contributed by atoms with Crippen LogP contribution in [0.1, 0.15) is 46.7 Å². The van der Waals surface area contributed by atoms with Crippen LogP contribution in [0.25, 0.3) is 0 Å². The van der Waals surface area contributed by atoms with E-state index >= 15 is 0 Å². The molecule has 1 saturated carbocycles. The van der Waals surface area contributed by atoms with Crippen LogP contribution in [0.5, 0.6) is 5.75 Å². The standard InChI is InChI=1S/C22H21ClN2O4S/c23-18-9-20(29-12-13-5-6-28-11-13)19(7-16(18)10-24)25-30-21-8-15(22(26)27)3-4-17(21)14-1-2-14/h3-4,7-9,13-14,25H,1-2,5-6,11-12H2,(H,26,27). The van der Waals surface area contributed by atoms with Gasteiger partial charge in [0, 0.05) is 23.5 Å². The number of nitriles is 1. The van der Waals surface area contributed by atoms with Crippen molar-refractivity contribution < 1.29 is 19.4 Å². The molecular formula is C22H21ClN2O4S. The van der Waals surface area contributed by atoms with Crippen LogP contribution in [0.3, 0.4) is 0 Å². The van der Waals surface area contributed by atoms with Crippen molar-refractivity contribution in [3.8, 4) is 11.8 Å². The van der Waals surface area contributed by atoms with E-state index in [2.05, 4.69) is 10.8 Å². The third-order valence-corrected chi connectivity index (χ3v) is 6.45. The maximum Gasteiger partial charge on any atom is 0.335 e. The lowest BCUT2D eigenvalue weighted by atomic mass is 10.1. The molecule has 4 rings (SSSR count). The molecular weight excluding hydrogens is 424 g/mol. The van der Waals surface area contributed by atoms with Crippen molar-refractivity contribution in [2.75, 3.05) is 24.5 Å². The smallest absolute Gasteiger partial charge is 0.335 e. The van der Waals surface area contributed by atoms with E-state index in [0.717, 1.165) is 36.3 Å². The van der Waals surface area contributed by atoms with Gasteiger partial charge < -0.3 is 19.3 Å². The van der Waals surface area contributed by atoms with E-state index in [1.807, 2.05) is 6.07 Å². The highest BCUT2D eigenvalue weighted by Gasteiger charge is 2.27. The highest BCUT2D eigenvalue weighted by atomic mass is 35.5. The first-order valence-corrected chi connectivity index (χ1v) is 11.0. The van der Waals surface area contributed by atoms with Gasteiger partial charge in [-0.15, -0.1) is 0 Å². The number of rotatable bonds is 8. The molecule has 1 atom stereocenters. The first-order valence-electron chi connectivity index (χ1n) is 9.79. The molecule has 1 aliphatic heterocycles. The Labute approximate surface area is 184 Å². The fraction of sp³-hybridized carbons (Fsp3) is 0.364. The largest absolute Gasteiger partial charge is 0.491 e. The second kappa shape index (κ2) is 9.17. The van der Waals surface area contributed by atoms with Crippen LogP contribution in [0, 0.1) is 17.2 Å². The molecule has 0 amide bonds. The number of hydrogen-bond donors (Lipinski definition) is 2. The van der Waals surface area contributed by atoms with Crippen molar-refractivity contribution in [1.29, 1.82) is 5.26 Å². The highest BCUT2D eigenvalue weighted by molar-refractivity contribution is 8.00. The predicted octanol–water partition coefficient (Wildman–Crippen LogP) is 5.32. The van der Waals surface area contributed by atoms with Gasteiger partial charge in [-0.3, -0.25) is 0 Å². The summed E-state index contributed by atoms with van der Waals surface area (Å²) in [6.07, 6.45) is 3.17. The van der Waals surface area contributed by atoms with Gasteiger partial charge in [0.2, 0.25) is 0 Å². The Morgan fingerprint density at radius 2 is 2.17 bits per heavy atom. The summed E-state index contributed by atoms with van der Waals surface area (Å²) in [4.78, 5) is 12.3. The van der Waals surface area contributed by atoms with Gasteiger partial charge in [0.05, 0.1) is 35.1 Å². The van der Waals surface area contributed by atoms with Gasteiger partial charge in [-0.1, -0.05) is 17.7 Å². The van der Waals surface area contributed by atoms with Crippen molar-refractivity contribution in [2.24, 2.45) is 5.92 Å². The Morgan fingerprint density at radius 1 is 1.33 bits per heavy atom. The van der Waals surface area contributed by atoms with Crippen LogP contribution in [0.15, 0.2) is 35.2 Å². The van der Waals surface area contributed by atoms with Gasteiger partial charge >= 0.3 is 5.97 Å². The van der Waals surface area contributed by atoms with E-state index in [4.69, 9.17) is 21.1 Å². The average molecular weight is 445 g/mol. The van der Waals surface area contributed by atoms with Crippen LogP contribution >= 0.6 is 23.5 Å². The van der Waals surface area contributed by atoms with Gasteiger partial charge in [-0.05, 0) is 60.9 Å². The number of halogens is 1. The third kappa shape index (κ3) is 4.84. The summed E-state index contributed by atoms with van der Waals surface area (Å²) in [6.45, 7) is 1.92. The van der Waals surface area contributed by atoms with Crippen molar-refractivity contribution >= 4 is 35.2 Å². The maximum atomic E-state index is 11.4. The Balaban J connectivity index is 1.56. The molecule has 0 radical (unpaired) electrons. The van der Waals surface area contributed by atoms with Gasteiger partial charge in [0.25, 0.3) is 0 Å². The quantitative estimate of drug-likeness (QED) is 0.532. The van der Waals surface area contributed by atoms with E-state index in [0.29, 0.717) is 47.1 Å². The van der Waals surface area contributed by atoms with Crippen molar-refractivity contribution in [2.45, 2.75) is 30.1 Å². The number of nitrogens with zero attached hydrogens (tertiary/aromatic N) is 1. The molecule has 1 saturated heterocycles. The summed E-state index contributed by atoms with van der Waals surface area (Å²) in [6, 6.07) is 10.6. The van der Waals surface area contributed by atoms with E-state index < -0.39 is 5.97 Å². The van der Waals surface area contributed by atoms with Crippen molar-refractivity contribution in [3.05, 3.63) is 52.0 Å². The number of benzene rings is 2. The number of carbonyl (C=O) groups is 1. The van der Waals surface area contributed by atoms with Gasteiger partial charge in [-0.2, -0.15) is 5.26 Å². The minimum absolute atomic E-state index is 0.246. The van der Waals surface area contributed by atoms with Gasteiger partial charge in [0.15, 0.2) is 0 Å². The Hall–Kier alpha value is -2.40. The molecule has 1 aliphatic carbocycles. The summed E-state index contributed by atoms with van der Waals surface area (Å²) < 4.78 is 14.6. The van der Waals surface area contributed by atoms with Crippen molar-refractivity contribution in [1.82, 2.24) is 0 Å². The summed E-state index contributed by atoms with van der Waals surface area (Å²) in [5.74, 6) is 0.393. The Kier molecular flexibility index (Phi) is 6.38. The lowest BCUT2D eigenvalue weighted by molar-refractivity contribution is 0.0696. The lowest BCUT2D eigenvalue weighted by Crippen LogP contribution is -2.12. The zero-order valence-electron chi connectivity index (χ0n) is 16.2. The maximum absolute atomic E-state index is 11.4. The number of carboxylic acids is 1. The van der Waals surface area contributed by atoms with E-state index in [9.17, 15) is 15.2 Å². The minimum Gasteiger partial charge on any atom is -0.491 e. The number of hydrogen-bond acceptors (Lipinski definition) is 6. The normalized spacial score (nSPS) is 18.1. The fourth-order valence-corrected chi connectivity index (χ4v) is 4.47. The number of ether oxygens (including phenoxy) is 2. The van der Waals surface area contributed by atoms with Crippen LogP contribution in [-0.2, 0) is 4.74 Å². The molecule has 0 spiro atoms. The van der Waals surface area contributed by atoms with Gasteiger partial charge in [0.1, 0.15) is 11.8 Å². The van der Waals surface area contributed by atoms with Crippen LogP contribution in [0.2, 0.25) is 5.02 Å². The molecule has 2 aromatic rings. The number of nitrogens with one attached hydrogen (secondary N) is 1. The molecule has 2 aliphatic rings. The van der Waals surface area contributed by atoms with E-state index in [-0.39, 0.29) is 5.56 Å². The van der Waals surface area contributed by atoms with Crippen LogP contribution < -0.4 is 9.46 Å². The van der Waals surface area contributed by atoms with Gasteiger partial charge in [-0.25, -0.2) is 4.79 Å². The van der Waals surface area contributed by atoms with Crippen molar-refractivity contribution in [3.63, 3.8) is 0 Å². The molecule has 2 N–H and O–H groups in total.